The lowest BCUT2D eigenvalue weighted by molar-refractivity contribution is 0.529. The molecule has 54 valence electrons. The fourth-order valence-electron chi connectivity index (χ4n) is 0.346. The van der Waals surface area contributed by atoms with Gasteiger partial charge in [0.1, 0.15) is 0 Å². The number of hydrogen-bond donors (Lipinski definition) is 0. The van der Waals surface area contributed by atoms with Gasteiger partial charge in [0.25, 0.3) is 0 Å². The van der Waals surface area contributed by atoms with Crippen LogP contribution in [0.25, 0.3) is 0 Å². The summed E-state index contributed by atoms with van der Waals surface area (Å²) in [7, 11) is 0. The van der Waals surface area contributed by atoms with E-state index in [2.05, 4.69) is 6.58 Å². The number of hydrogen-bond acceptors (Lipinski definition) is 2. The summed E-state index contributed by atoms with van der Waals surface area (Å²) in [5, 5.41) is 0. The lowest BCUT2D eigenvalue weighted by Gasteiger charge is -2.11. The fraction of sp³-hybridized carbons (Fsp3) is 0.667. The van der Waals surface area contributed by atoms with E-state index in [0.29, 0.717) is 0 Å². The maximum Gasteiger partial charge on any atom is 0.0164 e. The van der Waals surface area contributed by atoms with Crippen LogP contribution >= 0.6 is 0 Å². The molecule has 0 aliphatic carbocycles. The van der Waals surface area contributed by atoms with Crippen molar-refractivity contribution >= 4 is 11.1 Å². The van der Waals surface area contributed by atoms with Crippen LogP contribution < -0.4 is 0 Å². The van der Waals surface area contributed by atoms with Crippen LogP contribution in [0.4, 0.5) is 0 Å². The smallest absolute Gasteiger partial charge is 0.0164 e. The van der Waals surface area contributed by atoms with Gasteiger partial charge in [0.05, 0.1) is 0 Å². The third kappa shape index (κ3) is 4.36. The second kappa shape index (κ2) is 3.80. The lowest BCUT2D eigenvalue weighted by Crippen LogP contribution is -2.07. The molecule has 0 radical (unpaired) electrons. The van der Waals surface area contributed by atoms with Crippen molar-refractivity contribution in [2.24, 2.45) is 5.92 Å². The van der Waals surface area contributed by atoms with E-state index in [9.17, 15) is 8.76 Å². The molecular formula is C6H11O2S-. The zero-order valence-corrected chi connectivity index (χ0v) is 6.53. The minimum absolute atomic E-state index is 0.0864. The molecule has 9 heavy (non-hydrogen) atoms. The van der Waals surface area contributed by atoms with Gasteiger partial charge in [0, 0.05) is 5.75 Å². The second-order valence-corrected chi connectivity index (χ2v) is 3.16. The Morgan fingerprint density at radius 1 is 1.89 bits per heavy atom. The third-order valence-corrected chi connectivity index (χ3v) is 2.00. The van der Waals surface area contributed by atoms with Crippen LogP contribution in [0, 0.1) is 5.92 Å². The van der Waals surface area contributed by atoms with Crippen molar-refractivity contribution in [2.75, 3.05) is 5.75 Å². The molecule has 0 amide bonds. The van der Waals surface area contributed by atoms with Gasteiger partial charge in [-0.25, -0.2) is 0 Å². The van der Waals surface area contributed by atoms with Gasteiger partial charge in [0.2, 0.25) is 0 Å². The van der Waals surface area contributed by atoms with Crippen molar-refractivity contribution in [1.82, 2.24) is 0 Å². The molecule has 0 aromatic carbocycles. The predicted octanol–water partition coefficient (Wildman–Crippen LogP) is 1.08. The molecule has 0 spiro atoms. The van der Waals surface area contributed by atoms with Crippen LogP contribution in [0.1, 0.15) is 13.8 Å². The topological polar surface area (TPSA) is 40.1 Å². The maximum atomic E-state index is 10.1. The highest BCUT2D eigenvalue weighted by Crippen LogP contribution is 2.06. The van der Waals surface area contributed by atoms with E-state index in [1.807, 2.05) is 13.8 Å². The van der Waals surface area contributed by atoms with E-state index in [1.165, 1.54) is 0 Å². The minimum Gasteiger partial charge on any atom is -0.772 e. The maximum absolute atomic E-state index is 10.1. The van der Waals surface area contributed by atoms with Crippen LogP contribution in [0.15, 0.2) is 12.2 Å². The number of allylic oxidation sites excluding steroid dienone is 1. The van der Waals surface area contributed by atoms with Gasteiger partial charge < -0.3 is 4.55 Å². The van der Waals surface area contributed by atoms with Crippen molar-refractivity contribution in [3.63, 3.8) is 0 Å². The molecule has 2 nitrogen and oxygen atoms in total. The Hall–Kier alpha value is -0.150. The molecule has 0 saturated carbocycles. The van der Waals surface area contributed by atoms with Gasteiger partial charge in [0.15, 0.2) is 0 Å². The van der Waals surface area contributed by atoms with E-state index in [0.717, 1.165) is 5.57 Å². The standard InChI is InChI=1S/C6H12O2S/c1-5(2)6(3)4-9(7)8/h6H,1,4H2,2-3H3,(H,7,8)/p-1. The summed E-state index contributed by atoms with van der Waals surface area (Å²) in [5.74, 6) is 0.276. The lowest BCUT2D eigenvalue weighted by atomic mass is 10.1. The highest BCUT2D eigenvalue weighted by molar-refractivity contribution is 7.79. The first-order valence-corrected chi connectivity index (χ1v) is 3.99. The third-order valence-electron chi connectivity index (χ3n) is 1.23. The van der Waals surface area contributed by atoms with E-state index in [1.54, 1.807) is 0 Å². The average molecular weight is 147 g/mol. The predicted molar refractivity (Wildman–Crippen MR) is 37.8 cm³/mol. The zero-order chi connectivity index (χ0) is 7.44. The van der Waals surface area contributed by atoms with Gasteiger partial charge in [-0.05, 0) is 12.8 Å². The Morgan fingerprint density at radius 2 is 2.33 bits per heavy atom. The van der Waals surface area contributed by atoms with Gasteiger partial charge in [-0.15, -0.1) is 0 Å². The van der Waals surface area contributed by atoms with Crippen LogP contribution in [-0.4, -0.2) is 14.5 Å². The first kappa shape index (κ1) is 8.85. The Morgan fingerprint density at radius 3 is 2.44 bits per heavy atom. The van der Waals surface area contributed by atoms with Gasteiger partial charge in [-0.3, -0.25) is 4.21 Å². The summed E-state index contributed by atoms with van der Waals surface area (Å²) in [6.07, 6.45) is 0. The van der Waals surface area contributed by atoms with Crippen LogP contribution in [0.2, 0.25) is 0 Å². The molecule has 0 rings (SSSR count). The molecule has 0 bridgehead atoms. The van der Waals surface area contributed by atoms with Gasteiger partial charge in [-0.1, -0.05) is 30.2 Å². The van der Waals surface area contributed by atoms with Crippen molar-refractivity contribution < 1.29 is 8.76 Å². The molecule has 2 atom stereocenters. The highest BCUT2D eigenvalue weighted by Gasteiger charge is 2.00. The molecule has 0 fully saturated rings. The summed E-state index contributed by atoms with van der Waals surface area (Å²) in [4.78, 5) is 0. The summed E-state index contributed by atoms with van der Waals surface area (Å²) < 4.78 is 20.1. The fourth-order valence-corrected chi connectivity index (χ4v) is 1.04. The molecule has 0 saturated heterocycles. The quantitative estimate of drug-likeness (QED) is 0.442. The van der Waals surface area contributed by atoms with Crippen molar-refractivity contribution in [3.8, 4) is 0 Å². The van der Waals surface area contributed by atoms with Crippen molar-refractivity contribution in [1.29, 1.82) is 0 Å². The largest absolute Gasteiger partial charge is 0.772 e. The van der Waals surface area contributed by atoms with E-state index in [-0.39, 0.29) is 11.7 Å². The minimum atomic E-state index is -1.93. The van der Waals surface area contributed by atoms with Crippen molar-refractivity contribution in [3.05, 3.63) is 12.2 Å². The highest BCUT2D eigenvalue weighted by atomic mass is 32.2. The second-order valence-electron chi connectivity index (χ2n) is 2.22. The first-order valence-electron chi connectivity index (χ1n) is 2.75. The normalized spacial score (nSPS) is 16.8. The van der Waals surface area contributed by atoms with E-state index < -0.39 is 11.1 Å². The van der Waals surface area contributed by atoms with E-state index >= 15 is 0 Å². The van der Waals surface area contributed by atoms with Crippen LogP contribution in [0.3, 0.4) is 0 Å². The summed E-state index contributed by atoms with van der Waals surface area (Å²) in [5.41, 5.74) is 0.916. The Bertz CT molecular complexity index is 131. The summed E-state index contributed by atoms with van der Waals surface area (Å²) in [6.45, 7) is 7.31. The monoisotopic (exact) mass is 147 g/mol. The molecule has 0 N–H and O–H groups in total. The summed E-state index contributed by atoms with van der Waals surface area (Å²) >= 11 is -1.93. The van der Waals surface area contributed by atoms with E-state index in [4.69, 9.17) is 0 Å². The van der Waals surface area contributed by atoms with Crippen molar-refractivity contribution in [2.45, 2.75) is 13.8 Å². The molecule has 0 aliphatic rings. The molecule has 3 heteroatoms. The first-order chi connectivity index (χ1) is 4.04. The average Bonchev–Trinajstić information content (AvgIpc) is 1.63. The molecular weight excluding hydrogens is 136 g/mol. The Kier molecular flexibility index (Phi) is 3.73. The molecule has 0 aromatic heterocycles. The Labute approximate surface area is 58.3 Å². The summed E-state index contributed by atoms with van der Waals surface area (Å²) in [6, 6.07) is 0. The Balaban J connectivity index is 3.63. The number of rotatable bonds is 3. The molecule has 2 unspecified atom stereocenters. The van der Waals surface area contributed by atoms with Crippen LogP contribution in [-0.2, 0) is 11.1 Å². The van der Waals surface area contributed by atoms with Gasteiger partial charge >= 0.3 is 0 Å². The molecule has 0 aromatic rings. The zero-order valence-electron chi connectivity index (χ0n) is 5.72. The van der Waals surface area contributed by atoms with Crippen LogP contribution in [0.5, 0.6) is 0 Å². The van der Waals surface area contributed by atoms with Gasteiger partial charge in [-0.2, -0.15) is 0 Å². The molecule has 0 heterocycles. The molecule has 0 aliphatic heterocycles. The SMILES string of the molecule is C=C(C)C(C)CS(=O)[O-].